The van der Waals surface area contributed by atoms with Crippen molar-refractivity contribution in [3.05, 3.63) is 58.1 Å². The number of hydrogen-bond acceptors (Lipinski definition) is 6. The maximum atomic E-state index is 10.6. The number of pyridine rings is 2. The minimum absolute atomic E-state index is 0.114. The van der Waals surface area contributed by atoms with E-state index in [0.29, 0.717) is 16.5 Å². The van der Waals surface area contributed by atoms with Gasteiger partial charge in [-0.3, -0.25) is 4.79 Å². The van der Waals surface area contributed by atoms with Gasteiger partial charge in [-0.15, -0.1) is 0 Å². The van der Waals surface area contributed by atoms with E-state index in [2.05, 4.69) is 9.97 Å². The lowest BCUT2D eigenvalue weighted by molar-refractivity contribution is -0.109. The summed E-state index contributed by atoms with van der Waals surface area (Å²) < 4.78 is 21.2. The van der Waals surface area contributed by atoms with Crippen LogP contribution in [-0.2, 0) is 25.4 Å². The van der Waals surface area contributed by atoms with Crippen molar-refractivity contribution in [2.24, 2.45) is 0 Å². The van der Waals surface area contributed by atoms with E-state index in [0.717, 1.165) is 5.56 Å². The second kappa shape index (κ2) is 10.2. The first-order valence-corrected chi connectivity index (χ1v) is 10.6. The van der Waals surface area contributed by atoms with Crippen LogP contribution in [0.25, 0.3) is 0 Å². The fourth-order valence-electron chi connectivity index (χ4n) is 1.45. The number of thioether (sulfide) groups is 1. The highest BCUT2D eigenvalue weighted by molar-refractivity contribution is 8.13. The molecule has 0 atom stereocenters. The Bertz CT molecular complexity index is 801. The van der Waals surface area contributed by atoms with Crippen LogP contribution in [0, 0.1) is 0 Å². The Morgan fingerprint density at radius 3 is 2.04 bits per heavy atom. The third kappa shape index (κ3) is 10.1. The van der Waals surface area contributed by atoms with Crippen molar-refractivity contribution in [1.29, 1.82) is 0 Å². The number of nitrogens with zero attached hydrogens (tertiary/aromatic N) is 2. The molecule has 130 valence electrons. The van der Waals surface area contributed by atoms with Gasteiger partial charge >= 0.3 is 0 Å². The van der Waals surface area contributed by atoms with Crippen LogP contribution in [-0.4, -0.2) is 23.5 Å². The molecule has 0 aliphatic heterocycles. The Labute approximate surface area is 159 Å². The van der Waals surface area contributed by atoms with E-state index in [1.807, 2.05) is 6.07 Å². The summed E-state index contributed by atoms with van der Waals surface area (Å²) in [4.78, 5) is 18.2. The summed E-state index contributed by atoms with van der Waals surface area (Å²) in [7, 11) is 1.52. The van der Waals surface area contributed by atoms with Crippen LogP contribution in [0.4, 0.5) is 0 Å². The number of aromatic nitrogens is 2. The van der Waals surface area contributed by atoms with E-state index >= 15 is 0 Å². The van der Waals surface area contributed by atoms with Gasteiger partial charge in [0.25, 0.3) is 0 Å². The van der Waals surface area contributed by atoms with Gasteiger partial charge in [0, 0.05) is 35.8 Å². The van der Waals surface area contributed by atoms with E-state index in [1.54, 1.807) is 25.3 Å². The molecule has 10 heteroatoms. The lowest BCUT2D eigenvalue weighted by Crippen LogP contribution is -1.94. The van der Waals surface area contributed by atoms with Crippen LogP contribution >= 0.6 is 45.6 Å². The van der Waals surface area contributed by atoms with Crippen LogP contribution in [0.2, 0.25) is 10.3 Å². The largest absolute Gasteiger partial charge is 0.288 e. The van der Waals surface area contributed by atoms with Crippen LogP contribution in [0.3, 0.4) is 0 Å². The van der Waals surface area contributed by atoms with Crippen LogP contribution in [0.1, 0.15) is 18.1 Å². The maximum absolute atomic E-state index is 10.6. The molecule has 0 fully saturated rings. The summed E-state index contributed by atoms with van der Waals surface area (Å²) in [6, 6.07) is 6.62. The van der Waals surface area contributed by atoms with Gasteiger partial charge in [0.1, 0.15) is 10.3 Å². The molecule has 0 saturated carbocycles. The molecule has 2 aromatic heterocycles. The summed E-state index contributed by atoms with van der Waals surface area (Å²) in [5, 5.41) is 0.840. The normalized spacial score (nSPS) is 10.7. The van der Waals surface area contributed by atoms with Crippen molar-refractivity contribution in [2.75, 3.05) is 0 Å². The topological polar surface area (TPSA) is 77.0 Å². The Morgan fingerprint density at radius 2 is 1.58 bits per heavy atom. The lowest BCUT2D eigenvalue weighted by Gasteiger charge is -1.97. The molecular formula is C14H13Cl3N2O3S2. The van der Waals surface area contributed by atoms with Crippen molar-refractivity contribution in [3.8, 4) is 0 Å². The third-order valence-electron chi connectivity index (χ3n) is 2.36. The summed E-state index contributed by atoms with van der Waals surface area (Å²) in [5.41, 5.74) is 1.56. The monoisotopic (exact) mass is 426 g/mol. The molecule has 2 aromatic rings. The average molecular weight is 428 g/mol. The molecule has 0 amide bonds. The molecule has 2 heterocycles. The quantitative estimate of drug-likeness (QED) is 0.534. The minimum atomic E-state index is -3.51. The smallest absolute Gasteiger partial charge is 0.236 e. The first kappa shape index (κ1) is 21.2. The first-order valence-electron chi connectivity index (χ1n) is 6.42. The molecule has 0 N–H and O–H groups in total. The van der Waals surface area contributed by atoms with Crippen LogP contribution in [0.15, 0.2) is 36.7 Å². The molecule has 0 aliphatic rings. The molecule has 0 aromatic carbocycles. The average Bonchev–Trinajstić information content (AvgIpc) is 2.44. The first-order chi connectivity index (χ1) is 11.2. The minimum Gasteiger partial charge on any atom is -0.288 e. The molecule has 24 heavy (non-hydrogen) atoms. The van der Waals surface area contributed by atoms with Crippen molar-refractivity contribution in [3.63, 3.8) is 0 Å². The Balaban J connectivity index is 0.000000240. The predicted octanol–water partition coefficient (Wildman–Crippen LogP) is 4.32. The van der Waals surface area contributed by atoms with Crippen LogP contribution in [0.5, 0.6) is 0 Å². The fourth-order valence-corrected chi connectivity index (χ4v) is 3.35. The Morgan fingerprint density at radius 1 is 1.08 bits per heavy atom. The SMILES string of the molecule is CC(=O)SCc1ccnc(Cl)c1.O=S(=O)(Cl)Cc1ccnc(Cl)c1. The van der Waals surface area contributed by atoms with Crippen molar-refractivity contribution >= 4 is 59.8 Å². The fraction of sp³-hybridized carbons (Fsp3) is 0.214. The molecule has 5 nitrogen and oxygen atoms in total. The molecule has 0 bridgehead atoms. The second-order valence-corrected chi connectivity index (χ2v) is 9.14. The standard InChI is InChI=1S/C8H8ClNOS.C6H5Cl2NO2S/c1-6(11)12-5-7-2-3-10-8(9)4-7;7-6-3-5(1-2-9-6)4-12(8,10)11/h2-4H,5H2,1H3;1-3H,4H2. The molecule has 0 aliphatic carbocycles. The van der Waals surface area contributed by atoms with E-state index in [-0.39, 0.29) is 16.0 Å². The van der Waals surface area contributed by atoms with E-state index in [1.165, 1.54) is 24.0 Å². The van der Waals surface area contributed by atoms with Gasteiger partial charge in [-0.2, -0.15) is 0 Å². The summed E-state index contributed by atoms with van der Waals surface area (Å²) in [5.74, 6) is 0.439. The molecule has 2 rings (SSSR count). The number of halogens is 3. The Hall–Kier alpha value is -0.860. The summed E-state index contributed by atoms with van der Waals surface area (Å²) in [6.45, 7) is 1.55. The molecule has 0 spiro atoms. The molecular weight excluding hydrogens is 415 g/mol. The number of rotatable bonds is 4. The third-order valence-corrected chi connectivity index (χ3v) is 4.67. The highest BCUT2D eigenvalue weighted by Gasteiger charge is 2.06. The second-order valence-electron chi connectivity index (χ2n) is 4.44. The number of carbonyl (C=O) groups excluding carboxylic acids is 1. The summed E-state index contributed by atoms with van der Waals surface area (Å²) in [6.07, 6.45) is 3.07. The van der Waals surface area contributed by atoms with Gasteiger partial charge in [0.15, 0.2) is 5.12 Å². The van der Waals surface area contributed by atoms with Gasteiger partial charge in [0.2, 0.25) is 9.05 Å². The van der Waals surface area contributed by atoms with Crippen LogP contribution < -0.4 is 0 Å². The van der Waals surface area contributed by atoms with E-state index in [4.69, 9.17) is 33.9 Å². The van der Waals surface area contributed by atoms with Gasteiger partial charge in [-0.25, -0.2) is 18.4 Å². The van der Waals surface area contributed by atoms with Crippen molar-refractivity contribution in [1.82, 2.24) is 9.97 Å². The number of hydrogen-bond donors (Lipinski definition) is 0. The maximum Gasteiger partial charge on any atom is 0.236 e. The highest BCUT2D eigenvalue weighted by atomic mass is 35.7. The van der Waals surface area contributed by atoms with E-state index < -0.39 is 9.05 Å². The molecule has 0 saturated heterocycles. The van der Waals surface area contributed by atoms with Crippen molar-refractivity contribution in [2.45, 2.75) is 18.4 Å². The molecule has 0 unspecified atom stereocenters. The summed E-state index contributed by atoms with van der Waals surface area (Å²) >= 11 is 12.4. The lowest BCUT2D eigenvalue weighted by atomic mass is 10.3. The predicted molar refractivity (Wildman–Crippen MR) is 98.9 cm³/mol. The number of carbonyl (C=O) groups is 1. The van der Waals surface area contributed by atoms with Gasteiger partial charge < -0.3 is 0 Å². The zero-order valence-electron chi connectivity index (χ0n) is 12.4. The Kier molecular flexibility index (Phi) is 9.01. The van der Waals surface area contributed by atoms with E-state index in [9.17, 15) is 13.2 Å². The molecule has 0 radical (unpaired) electrons. The van der Waals surface area contributed by atoms with Gasteiger partial charge in [0.05, 0.1) is 5.75 Å². The zero-order valence-corrected chi connectivity index (χ0v) is 16.3. The van der Waals surface area contributed by atoms with Crippen molar-refractivity contribution < 1.29 is 13.2 Å². The van der Waals surface area contributed by atoms with Gasteiger partial charge in [-0.1, -0.05) is 35.0 Å². The van der Waals surface area contributed by atoms with Gasteiger partial charge in [-0.05, 0) is 35.4 Å². The zero-order chi connectivity index (χ0) is 18.2. The highest BCUT2D eigenvalue weighted by Crippen LogP contribution is 2.15.